The third kappa shape index (κ3) is 22.9. The van der Waals surface area contributed by atoms with Crippen LogP contribution in [0.2, 0.25) is 0 Å². The van der Waals surface area contributed by atoms with Gasteiger partial charge in [0.25, 0.3) is 0 Å². The molecule has 3 N–H and O–H groups in total. The van der Waals surface area contributed by atoms with E-state index in [0.29, 0.717) is 13.2 Å². The summed E-state index contributed by atoms with van der Waals surface area (Å²) in [5, 5.41) is 0. The van der Waals surface area contributed by atoms with Crippen molar-refractivity contribution in [1.29, 1.82) is 0 Å². The van der Waals surface area contributed by atoms with Crippen LogP contribution in [0.3, 0.4) is 0 Å². The van der Waals surface area contributed by atoms with E-state index in [9.17, 15) is 14.3 Å². The van der Waals surface area contributed by atoms with Crippen LogP contribution in [-0.4, -0.2) is 93.1 Å². The van der Waals surface area contributed by atoms with E-state index in [1.807, 2.05) is 0 Å². The molecule has 40 heavy (non-hydrogen) atoms. The summed E-state index contributed by atoms with van der Waals surface area (Å²) in [6.07, 6.45) is 19.0. The molecule has 1 saturated heterocycles. The second kappa shape index (κ2) is 24.8. The molecule has 0 aromatic rings. The lowest BCUT2D eigenvalue weighted by atomic mass is 10.0. The number of carbonyl (C=O) groups excluding carboxylic acids is 1. The highest BCUT2D eigenvalue weighted by Gasteiger charge is 2.25. The number of phosphoric acid groups is 1. The van der Waals surface area contributed by atoms with Crippen LogP contribution < -0.4 is 5.73 Å². The number of piperazine rings is 1. The normalized spacial score (nSPS) is 17.1. The number of primary amides is 1. The third-order valence-corrected chi connectivity index (χ3v) is 8.39. The molecular formula is C29H60N3O7P. The van der Waals surface area contributed by atoms with Crippen LogP contribution in [0.1, 0.15) is 110 Å². The molecule has 0 spiro atoms. The molecule has 0 aromatic heterocycles. The third-order valence-electron chi connectivity index (χ3n) is 7.41. The molecule has 0 aromatic carbocycles. The van der Waals surface area contributed by atoms with E-state index in [2.05, 4.69) is 23.8 Å². The van der Waals surface area contributed by atoms with Crippen LogP contribution in [0.25, 0.3) is 0 Å². The van der Waals surface area contributed by atoms with Crippen molar-refractivity contribution in [2.75, 3.05) is 66.2 Å². The van der Waals surface area contributed by atoms with Crippen molar-refractivity contribution in [2.24, 2.45) is 5.73 Å². The number of phosphoric ester groups is 1. The molecule has 0 saturated carbocycles. The average Bonchev–Trinajstić information content (AvgIpc) is 2.91. The van der Waals surface area contributed by atoms with Gasteiger partial charge in [0, 0.05) is 39.3 Å². The highest BCUT2D eigenvalue weighted by Crippen LogP contribution is 2.43. The number of carbonyl (C=O) groups is 1. The van der Waals surface area contributed by atoms with Gasteiger partial charge in [0.2, 0.25) is 0 Å². The van der Waals surface area contributed by atoms with Crippen LogP contribution >= 0.6 is 7.82 Å². The van der Waals surface area contributed by atoms with Gasteiger partial charge in [0.1, 0.15) is 0 Å². The molecule has 1 amide bonds. The van der Waals surface area contributed by atoms with E-state index in [4.69, 9.17) is 24.3 Å². The van der Waals surface area contributed by atoms with Gasteiger partial charge in [-0.3, -0.25) is 13.9 Å². The monoisotopic (exact) mass is 593 g/mol. The number of rotatable bonds is 27. The Morgan fingerprint density at radius 2 is 1.27 bits per heavy atom. The summed E-state index contributed by atoms with van der Waals surface area (Å²) in [7, 11) is -2.20. The Bertz CT molecular complexity index is 651. The Kier molecular flexibility index (Phi) is 23.1. The average molecular weight is 594 g/mol. The largest absolute Gasteiger partial charge is 0.472 e. The first kappa shape index (κ1) is 37.3. The van der Waals surface area contributed by atoms with Crippen molar-refractivity contribution in [3.63, 3.8) is 0 Å². The molecule has 1 rings (SSSR count). The smallest absolute Gasteiger partial charge is 0.441 e. The van der Waals surface area contributed by atoms with Crippen molar-refractivity contribution in [2.45, 2.75) is 116 Å². The van der Waals surface area contributed by atoms with Crippen LogP contribution in [0.5, 0.6) is 0 Å². The Labute approximate surface area is 244 Å². The summed E-state index contributed by atoms with van der Waals surface area (Å²) >= 11 is 0. The molecule has 0 bridgehead atoms. The molecule has 11 heteroatoms. The number of nitrogens with two attached hydrogens (primary N) is 1. The standard InChI is InChI=1S/C29H60N3O7P/c1-3-4-5-6-7-8-9-10-11-12-13-14-15-16-17-18-24-36-26-28(39-29(30)33)27-38-40(34,35)37-25-23-32-21-19-31(2)20-22-32/h28H,3-27H2,1-2H3,(H2,30,33)(H,34,35). The first-order chi connectivity index (χ1) is 19.3. The molecule has 10 nitrogen and oxygen atoms in total. The zero-order valence-electron chi connectivity index (χ0n) is 25.6. The zero-order chi connectivity index (χ0) is 29.3. The Morgan fingerprint density at radius 1 is 0.775 bits per heavy atom. The molecule has 1 heterocycles. The second-order valence-corrected chi connectivity index (χ2v) is 12.6. The quantitative estimate of drug-likeness (QED) is 0.0857. The van der Waals surface area contributed by atoms with E-state index in [0.717, 1.165) is 39.0 Å². The maximum absolute atomic E-state index is 12.2. The molecule has 0 aliphatic carbocycles. The fourth-order valence-corrected chi connectivity index (χ4v) is 5.56. The van der Waals surface area contributed by atoms with Gasteiger partial charge in [0.15, 0.2) is 6.10 Å². The van der Waals surface area contributed by atoms with Gasteiger partial charge in [-0.15, -0.1) is 0 Å². The van der Waals surface area contributed by atoms with Crippen molar-refractivity contribution in [3.05, 3.63) is 0 Å². The number of likely N-dealkylation sites (N-methyl/N-ethyl adjacent to an activating group) is 1. The molecule has 0 radical (unpaired) electrons. The van der Waals surface area contributed by atoms with Crippen LogP contribution in [-0.2, 0) is 23.1 Å². The molecule has 238 valence electrons. The van der Waals surface area contributed by atoms with Crippen molar-refractivity contribution >= 4 is 13.9 Å². The number of nitrogens with zero attached hydrogens (tertiary/aromatic N) is 2. The van der Waals surface area contributed by atoms with Gasteiger partial charge in [-0.1, -0.05) is 103 Å². The van der Waals surface area contributed by atoms with E-state index >= 15 is 0 Å². The number of unbranched alkanes of at least 4 members (excludes halogenated alkanes) is 15. The van der Waals surface area contributed by atoms with Gasteiger partial charge in [-0.25, -0.2) is 9.36 Å². The summed E-state index contributed by atoms with van der Waals surface area (Å²) in [6, 6.07) is 0. The highest BCUT2D eigenvalue weighted by molar-refractivity contribution is 7.47. The van der Waals surface area contributed by atoms with E-state index < -0.39 is 20.0 Å². The van der Waals surface area contributed by atoms with E-state index in [1.54, 1.807) is 0 Å². The second-order valence-electron chi connectivity index (χ2n) is 11.2. The lowest BCUT2D eigenvalue weighted by Gasteiger charge is -2.32. The van der Waals surface area contributed by atoms with E-state index in [-0.39, 0.29) is 19.8 Å². The summed E-state index contributed by atoms with van der Waals surface area (Å²) in [5.74, 6) is 0. The Morgan fingerprint density at radius 3 is 1.77 bits per heavy atom. The fraction of sp³-hybridized carbons (Fsp3) is 0.966. The maximum atomic E-state index is 12.2. The van der Waals surface area contributed by atoms with Gasteiger partial charge >= 0.3 is 13.9 Å². The predicted molar refractivity (Wildman–Crippen MR) is 160 cm³/mol. The number of amides is 1. The summed E-state index contributed by atoms with van der Waals surface area (Å²) < 4.78 is 32.9. The highest BCUT2D eigenvalue weighted by atomic mass is 31.2. The number of hydrogen-bond acceptors (Lipinski definition) is 8. The van der Waals surface area contributed by atoms with Crippen molar-refractivity contribution in [1.82, 2.24) is 9.80 Å². The lowest BCUT2D eigenvalue weighted by molar-refractivity contribution is -0.00756. The summed E-state index contributed by atoms with van der Waals surface area (Å²) in [6.45, 7) is 6.83. The Balaban J connectivity index is 1.99. The topological polar surface area (TPSA) is 124 Å². The van der Waals surface area contributed by atoms with Crippen LogP contribution in [0.4, 0.5) is 4.79 Å². The summed E-state index contributed by atoms with van der Waals surface area (Å²) in [4.78, 5) is 25.6. The number of hydrogen-bond donors (Lipinski definition) is 2. The van der Waals surface area contributed by atoms with Gasteiger partial charge in [0.05, 0.1) is 19.8 Å². The molecule has 1 aliphatic rings. The van der Waals surface area contributed by atoms with E-state index in [1.165, 1.54) is 89.9 Å². The summed E-state index contributed by atoms with van der Waals surface area (Å²) in [5.41, 5.74) is 5.13. The molecular weight excluding hydrogens is 533 g/mol. The minimum absolute atomic E-state index is 0.0446. The lowest BCUT2D eigenvalue weighted by Crippen LogP contribution is -2.45. The fourth-order valence-electron chi connectivity index (χ4n) is 4.82. The first-order valence-corrected chi connectivity index (χ1v) is 17.4. The minimum atomic E-state index is -4.27. The maximum Gasteiger partial charge on any atom is 0.472 e. The predicted octanol–water partition coefficient (Wildman–Crippen LogP) is 6.11. The Hall–Kier alpha value is -0.740. The molecule has 1 aliphatic heterocycles. The van der Waals surface area contributed by atoms with Crippen molar-refractivity contribution in [3.8, 4) is 0 Å². The van der Waals surface area contributed by atoms with Crippen LogP contribution in [0.15, 0.2) is 0 Å². The molecule has 2 unspecified atom stereocenters. The minimum Gasteiger partial charge on any atom is -0.441 e. The first-order valence-electron chi connectivity index (χ1n) is 15.9. The molecule has 1 fully saturated rings. The molecule has 2 atom stereocenters. The van der Waals surface area contributed by atoms with Crippen LogP contribution in [0, 0.1) is 0 Å². The van der Waals surface area contributed by atoms with Gasteiger partial charge in [-0.05, 0) is 13.5 Å². The van der Waals surface area contributed by atoms with Crippen molar-refractivity contribution < 1.29 is 32.8 Å². The SMILES string of the molecule is CCCCCCCCCCCCCCCCCCOCC(COP(=O)(O)OCCN1CCN(C)CC1)OC(N)=O. The number of ether oxygens (including phenoxy) is 2. The van der Waals surface area contributed by atoms with Gasteiger partial charge < -0.3 is 25.0 Å². The zero-order valence-corrected chi connectivity index (χ0v) is 26.5. The van der Waals surface area contributed by atoms with Gasteiger partial charge in [-0.2, -0.15) is 0 Å².